The van der Waals surface area contributed by atoms with Crippen molar-refractivity contribution in [3.63, 3.8) is 0 Å². The highest BCUT2D eigenvalue weighted by Gasteiger charge is 2.24. The molecule has 2 aliphatic rings. The van der Waals surface area contributed by atoms with Crippen molar-refractivity contribution in [2.24, 2.45) is 0 Å². The molecular weight excluding hydrogens is 420 g/mol. The summed E-state index contributed by atoms with van der Waals surface area (Å²) in [5.41, 5.74) is 3.96. The van der Waals surface area contributed by atoms with Crippen LogP contribution in [-0.4, -0.2) is 45.9 Å². The quantitative estimate of drug-likeness (QED) is 0.615. The molecule has 1 N–H and O–H groups in total. The van der Waals surface area contributed by atoms with E-state index in [1.165, 1.54) is 4.68 Å². The van der Waals surface area contributed by atoms with Gasteiger partial charge in [0.25, 0.3) is 5.56 Å². The topological polar surface area (TPSA) is 102 Å². The van der Waals surface area contributed by atoms with Gasteiger partial charge in [0.1, 0.15) is 12.3 Å². The van der Waals surface area contributed by atoms with Crippen molar-refractivity contribution in [2.75, 3.05) is 25.1 Å². The number of amides is 1. The Hall–Kier alpha value is -3.75. The number of aromatic nitrogens is 4. The van der Waals surface area contributed by atoms with Gasteiger partial charge in [-0.05, 0) is 48.9 Å². The molecule has 0 radical (unpaired) electrons. The van der Waals surface area contributed by atoms with Gasteiger partial charge in [-0.3, -0.25) is 9.59 Å². The lowest BCUT2D eigenvalue weighted by molar-refractivity contribution is -0.122. The third-order valence-corrected chi connectivity index (χ3v) is 6.12. The molecule has 0 unspecified atom stereocenters. The zero-order chi connectivity index (χ0) is 22.8. The monoisotopic (exact) mass is 446 g/mol. The van der Waals surface area contributed by atoms with Crippen LogP contribution >= 0.6 is 0 Å². The second-order valence-corrected chi connectivity index (χ2v) is 8.37. The largest absolute Gasteiger partial charge is 0.497 e. The number of benzene rings is 1. The van der Waals surface area contributed by atoms with Crippen LogP contribution in [0.25, 0.3) is 11.3 Å². The first-order valence-corrected chi connectivity index (χ1v) is 11.2. The maximum absolute atomic E-state index is 12.6. The van der Waals surface area contributed by atoms with Crippen molar-refractivity contribution < 1.29 is 9.53 Å². The van der Waals surface area contributed by atoms with E-state index in [1.807, 2.05) is 24.3 Å². The van der Waals surface area contributed by atoms with Crippen molar-refractivity contribution in [1.82, 2.24) is 25.1 Å². The van der Waals surface area contributed by atoms with Crippen LogP contribution in [0.2, 0.25) is 0 Å². The van der Waals surface area contributed by atoms with Crippen LogP contribution in [0.15, 0.2) is 41.3 Å². The Morgan fingerprint density at radius 2 is 2.03 bits per heavy atom. The number of carbonyl (C=O) groups is 1. The summed E-state index contributed by atoms with van der Waals surface area (Å²) in [5.74, 6) is 1.20. The number of aryl methyl sites for hydroxylation is 2. The molecule has 1 aromatic carbocycles. The van der Waals surface area contributed by atoms with Gasteiger partial charge < -0.3 is 15.0 Å². The second kappa shape index (κ2) is 9.01. The van der Waals surface area contributed by atoms with Gasteiger partial charge >= 0.3 is 0 Å². The lowest BCUT2D eigenvalue weighted by atomic mass is 9.94. The number of hydrogen-bond donors (Lipinski definition) is 1. The zero-order valence-electron chi connectivity index (χ0n) is 18.6. The molecule has 1 aliphatic heterocycles. The minimum absolute atomic E-state index is 0.155. The van der Waals surface area contributed by atoms with Gasteiger partial charge in [0, 0.05) is 37.5 Å². The van der Waals surface area contributed by atoms with Crippen molar-refractivity contribution in [1.29, 1.82) is 0 Å². The van der Waals surface area contributed by atoms with Gasteiger partial charge in [-0.15, -0.1) is 0 Å². The minimum Gasteiger partial charge on any atom is -0.497 e. The van der Waals surface area contributed by atoms with E-state index in [0.717, 1.165) is 66.4 Å². The summed E-state index contributed by atoms with van der Waals surface area (Å²) in [4.78, 5) is 36.7. The summed E-state index contributed by atoms with van der Waals surface area (Å²) in [5, 5.41) is 7.37. The fourth-order valence-electron chi connectivity index (χ4n) is 4.35. The van der Waals surface area contributed by atoms with Crippen LogP contribution in [0.1, 0.15) is 29.7 Å². The van der Waals surface area contributed by atoms with Crippen molar-refractivity contribution >= 4 is 11.9 Å². The molecule has 0 spiro atoms. The molecular formula is C24H26N6O3. The molecule has 0 atom stereocenters. The SMILES string of the molecule is COc1cccc(CNC(=O)Cn2nc3c(cc2=O)CCc2nc(N4CCCC4)ncc2-3)c1. The number of ether oxygens (including phenoxy) is 1. The molecule has 0 saturated carbocycles. The Morgan fingerprint density at radius 3 is 2.85 bits per heavy atom. The molecule has 1 saturated heterocycles. The molecule has 9 nitrogen and oxygen atoms in total. The number of anilines is 1. The van der Waals surface area contributed by atoms with Crippen molar-refractivity contribution in [3.05, 3.63) is 63.7 Å². The highest BCUT2D eigenvalue weighted by molar-refractivity contribution is 5.75. The molecule has 3 heterocycles. The molecule has 2 aromatic heterocycles. The first-order valence-electron chi connectivity index (χ1n) is 11.2. The highest BCUT2D eigenvalue weighted by Crippen LogP contribution is 2.30. The molecule has 1 aliphatic carbocycles. The van der Waals surface area contributed by atoms with Crippen LogP contribution in [0.3, 0.4) is 0 Å². The zero-order valence-corrected chi connectivity index (χ0v) is 18.6. The lowest BCUT2D eigenvalue weighted by Crippen LogP contribution is -2.34. The molecule has 1 fully saturated rings. The van der Waals surface area contributed by atoms with Gasteiger partial charge in [0.15, 0.2) is 0 Å². The number of nitrogens with zero attached hydrogens (tertiary/aromatic N) is 5. The van der Waals surface area contributed by atoms with Gasteiger partial charge in [0.2, 0.25) is 11.9 Å². The summed E-state index contributed by atoms with van der Waals surface area (Å²) in [7, 11) is 1.60. The number of carbonyl (C=O) groups excluding carboxylic acids is 1. The Balaban J connectivity index is 1.33. The van der Waals surface area contributed by atoms with Crippen LogP contribution < -0.4 is 20.5 Å². The summed E-state index contributed by atoms with van der Waals surface area (Å²) in [6.45, 7) is 2.15. The third kappa shape index (κ3) is 4.44. The van der Waals surface area contributed by atoms with E-state index in [4.69, 9.17) is 9.72 Å². The maximum Gasteiger partial charge on any atom is 0.267 e. The first kappa shape index (κ1) is 21.1. The molecule has 3 aromatic rings. The van der Waals surface area contributed by atoms with E-state index in [9.17, 15) is 9.59 Å². The molecule has 5 rings (SSSR count). The molecule has 33 heavy (non-hydrogen) atoms. The summed E-state index contributed by atoms with van der Waals surface area (Å²) in [6.07, 6.45) is 5.58. The Morgan fingerprint density at radius 1 is 1.18 bits per heavy atom. The van der Waals surface area contributed by atoms with Crippen molar-refractivity contribution in [2.45, 2.75) is 38.8 Å². The van der Waals surface area contributed by atoms with Crippen LogP contribution in [0.4, 0.5) is 5.95 Å². The number of methoxy groups -OCH3 is 1. The normalized spacial score (nSPS) is 14.5. The summed E-state index contributed by atoms with van der Waals surface area (Å²) in [6, 6.07) is 9.05. The molecule has 1 amide bonds. The summed E-state index contributed by atoms with van der Waals surface area (Å²) >= 11 is 0. The first-order chi connectivity index (χ1) is 16.1. The van der Waals surface area contributed by atoms with Gasteiger partial charge in [-0.2, -0.15) is 5.10 Å². The van der Waals surface area contributed by atoms with E-state index in [2.05, 4.69) is 20.3 Å². The van der Waals surface area contributed by atoms with E-state index < -0.39 is 0 Å². The smallest absolute Gasteiger partial charge is 0.267 e. The van der Waals surface area contributed by atoms with Gasteiger partial charge in [0.05, 0.1) is 18.5 Å². The minimum atomic E-state index is -0.289. The summed E-state index contributed by atoms with van der Waals surface area (Å²) < 4.78 is 6.42. The van der Waals surface area contributed by atoms with E-state index in [-0.39, 0.29) is 18.0 Å². The Kier molecular flexibility index (Phi) is 5.77. The standard InChI is InChI=1S/C24H26N6O3/c1-33-18-6-4-5-16(11-18)13-25-21(31)15-30-22(32)12-17-7-8-20-19(23(17)28-30)14-26-24(27-20)29-9-2-3-10-29/h4-6,11-12,14H,2-3,7-10,13,15H2,1H3,(H,25,31). The third-order valence-electron chi connectivity index (χ3n) is 6.12. The van der Waals surface area contributed by atoms with E-state index in [0.29, 0.717) is 18.7 Å². The Labute approximate surface area is 191 Å². The maximum atomic E-state index is 12.6. The van der Waals surface area contributed by atoms with Crippen LogP contribution in [0.5, 0.6) is 5.75 Å². The number of nitrogens with one attached hydrogen (secondary N) is 1. The predicted octanol–water partition coefficient (Wildman–Crippen LogP) is 1.72. The second-order valence-electron chi connectivity index (χ2n) is 8.37. The molecule has 9 heteroatoms. The van der Waals surface area contributed by atoms with Crippen LogP contribution in [-0.2, 0) is 30.7 Å². The van der Waals surface area contributed by atoms with Crippen molar-refractivity contribution in [3.8, 4) is 17.0 Å². The van der Waals surface area contributed by atoms with E-state index >= 15 is 0 Å². The number of rotatable bonds is 6. The van der Waals surface area contributed by atoms with Gasteiger partial charge in [-0.25, -0.2) is 14.6 Å². The number of fused-ring (bicyclic) bond motifs is 3. The molecule has 0 bridgehead atoms. The van der Waals surface area contributed by atoms with Crippen LogP contribution in [0, 0.1) is 0 Å². The molecule has 170 valence electrons. The average molecular weight is 447 g/mol. The average Bonchev–Trinajstić information content (AvgIpc) is 3.38. The fourth-order valence-corrected chi connectivity index (χ4v) is 4.35. The Bertz CT molecular complexity index is 1250. The number of hydrogen-bond acceptors (Lipinski definition) is 7. The van der Waals surface area contributed by atoms with E-state index in [1.54, 1.807) is 19.4 Å². The highest BCUT2D eigenvalue weighted by atomic mass is 16.5. The van der Waals surface area contributed by atoms with Gasteiger partial charge in [-0.1, -0.05) is 12.1 Å². The lowest BCUT2D eigenvalue weighted by Gasteiger charge is -2.21. The predicted molar refractivity (Wildman–Crippen MR) is 123 cm³/mol. The fraction of sp³-hybridized carbons (Fsp3) is 0.375.